The van der Waals surface area contributed by atoms with Gasteiger partial charge in [0.25, 0.3) is 11.6 Å². The Kier molecular flexibility index (Phi) is 4.28. The fourth-order valence-electron chi connectivity index (χ4n) is 3.14. The maximum Gasteiger partial charge on any atom is 0.269 e. The lowest BCUT2D eigenvalue weighted by atomic mass is 9.94. The van der Waals surface area contributed by atoms with Crippen molar-refractivity contribution in [3.8, 4) is 0 Å². The third-order valence-corrected chi connectivity index (χ3v) is 4.36. The molecule has 4 rings (SSSR count). The highest BCUT2D eigenvalue weighted by Crippen LogP contribution is 2.36. The molecule has 0 saturated carbocycles. The molecule has 0 aliphatic carbocycles. The molecule has 0 fully saturated rings. The van der Waals surface area contributed by atoms with E-state index < -0.39 is 11.0 Å². The number of carbonyl (C=O) groups excluding carboxylic acids is 1. The summed E-state index contributed by atoms with van der Waals surface area (Å²) in [6, 6.07) is 8.90. The van der Waals surface area contributed by atoms with E-state index in [1.54, 1.807) is 37.4 Å². The monoisotopic (exact) mass is 377 g/mol. The van der Waals surface area contributed by atoms with Crippen LogP contribution in [0.15, 0.2) is 66.4 Å². The Balaban J connectivity index is 1.80. The molecule has 0 bridgehead atoms. The van der Waals surface area contributed by atoms with Crippen LogP contribution < -0.4 is 10.6 Å². The number of fused-ring (bicyclic) bond motifs is 1. The van der Waals surface area contributed by atoms with Crippen LogP contribution >= 0.6 is 0 Å². The Hall–Kier alpha value is -4.08. The molecule has 3 heterocycles. The molecule has 2 N–H and O–H groups in total. The number of carbonyl (C=O) groups is 1. The quantitative estimate of drug-likeness (QED) is 0.528. The van der Waals surface area contributed by atoms with Crippen molar-refractivity contribution in [2.75, 3.05) is 10.6 Å². The van der Waals surface area contributed by atoms with Gasteiger partial charge in [-0.25, -0.2) is 4.68 Å². The second kappa shape index (κ2) is 6.91. The van der Waals surface area contributed by atoms with Crippen molar-refractivity contribution in [1.29, 1.82) is 0 Å². The highest BCUT2D eigenvalue weighted by atomic mass is 16.6. The zero-order chi connectivity index (χ0) is 19.7. The fourth-order valence-corrected chi connectivity index (χ4v) is 3.14. The molecule has 1 aromatic carbocycles. The smallest absolute Gasteiger partial charge is 0.269 e. The third-order valence-electron chi connectivity index (χ3n) is 4.36. The average molecular weight is 377 g/mol. The predicted molar refractivity (Wildman–Crippen MR) is 100 cm³/mol. The highest BCUT2D eigenvalue weighted by molar-refractivity contribution is 6.05. The van der Waals surface area contributed by atoms with Gasteiger partial charge in [0.2, 0.25) is 5.95 Å². The summed E-state index contributed by atoms with van der Waals surface area (Å²) in [5.41, 5.74) is 1.98. The first-order valence-corrected chi connectivity index (χ1v) is 8.37. The van der Waals surface area contributed by atoms with E-state index in [0.717, 1.165) is 0 Å². The summed E-state index contributed by atoms with van der Waals surface area (Å²) in [6.45, 7) is 1.75. The molecule has 2 aromatic heterocycles. The van der Waals surface area contributed by atoms with Crippen LogP contribution in [-0.4, -0.2) is 30.6 Å². The summed E-state index contributed by atoms with van der Waals surface area (Å²) in [5.74, 6) is 0.0857. The van der Waals surface area contributed by atoms with E-state index in [1.807, 2.05) is 0 Å². The van der Waals surface area contributed by atoms with E-state index in [4.69, 9.17) is 0 Å². The number of anilines is 2. The number of allylic oxidation sites excluding steroid dienone is 1. The number of benzene rings is 1. The van der Waals surface area contributed by atoms with Crippen molar-refractivity contribution in [3.63, 3.8) is 0 Å². The van der Waals surface area contributed by atoms with Crippen LogP contribution in [0.3, 0.4) is 0 Å². The van der Waals surface area contributed by atoms with Crippen LogP contribution in [0.1, 0.15) is 18.5 Å². The summed E-state index contributed by atoms with van der Waals surface area (Å²) < 4.78 is 1.53. The molecule has 28 heavy (non-hydrogen) atoms. The summed E-state index contributed by atoms with van der Waals surface area (Å²) in [5, 5.41) is 21.3. The number of rotatable bonds is 4. The summed E-state index contributed by atoms with van der Waals surface area (Å²) in [4.78, 5) is 32.0. The number of hydrogen-bond donors (Lipinski definition) is 2. The van der Waals surface area contributed by atoms with E-state index in [0.29, 0.717) is 28.5 Å². The number of amides is 1. The Morgan fingerprint density at radius 2 is 2.18 bits per heavy atom. The van der Waals surface area contributed by atoms with Gasteiger partial charge in [0.15, 0.2) is 0 Å². The number of pyridine rings is 1. The Labute approximate surface area is 159 Å². The molecular formula is C18H15N7O3. The maximum absolute atomic E-state index is 13.1. The van der Waals surface area contributed by atoms with Crippen molar-refractivity contribution in [2.45, 2.75) is 13.0 Å². The molecule has 0 unspecified atom stereocenters. The molecule has 1 aliphatic heterocycles. The topological polar surface area (TPSA) is 128 Å². The fraction of sp³-hybridized carbons (Fsp3) is 0.111. The minimum Gasteiger partial charge on any atom is -0.328 e. The van der Waals surface area contributed by atoms with E-state index in [2.05, 4.69) is 25.7 Å². The SMILES string of the molecule is CC1=C(C(=O)Nc2cccnc2)[C@H](c2cccc([N+](=O)[O-])c2)n2ncnc2N1. The number of hydrogen-bond acceptors (Lipinski definition) is 7. The Morgan fingerprint density at radius 3 is 2.93 bits per heavy atom. The minimum absolute atomic E-state index is 0.0673. The van der Waals surface area contributed by atoms with Gasteiger partial charge in [-0.3, -0.25) is 19.9 Å². The number of aromatic nitrogens is 4. The van der Waals surface area contributed by atoms with Crippen molar-refractivity contribution in [2.24, 2.45) is 0 Å². The van der Waals surface area contributed by atoms with Crippen LogP contribution in [0.2, 0.25) is 0 Å². The number of nitro groups is 1. The Bertz CT molecular complexity index is 1090. The van der Waals surface area contributed by atoms with E-state index in [1.165, 1.54) is 29.3 Å². The standard InChI is InChI=1S/C18H15N7O3/c1-11-15(17(26)23-13-5-3-7-19-9-13)16(24-18(22-11)20-10-21-24)12-4-2-6-14(8-12)25(27)28/h2-10,16H,1H3,(H,23,26)(H,20,21,22)/t16-/m0/s1. The van der Waals surface area contributed by atoms with Gasteiger partial charge in [0.1, 0.15) is 12.4 Å². The van der Waals surface area contributed by atoms with Gasteiger partial charge in [-0.1, -0.05) is 12.1 Å². The second-order valence-corrected chi connectivity index (χ2v) is 6.14. The normalized spacial score (nSPS) is 15.5. The minimum atomic E-state index is -0.671. The lowest BCUT2D eigenvalue weighted by molar-refractivity contribution is -0.384. The highest BCUT2D eigenvalue weighted by Gasteiger charge is 2.34. The van der Waals surface area contributed by atoms with Crippen molar-refractivity contribution < 1.29 is 9.72 Å². The van der Waals surface area contributed by atoms with E-state index >= 15 is 0 Å². The zero-order valence-electron chi connectivity index (χ0n) is 14.7. The molecule has 10 nitrogen and oxygen atoms in total. The summed E-state index contributed by atoms with van der Waals surface area (Å²) in [6.07, 6.45) is 4.51. The van der Waals surface area contributed by atoms with Gasteiger partial charge in [0.05, 0.1) is 22.4 Å². The van der Waals surface area contributed by atoms with Gasteiger partial charge in [0, 0.05) is 24.0 Å². The molecule has 3 aromatic rings. The second-order valence-electron chi connectivity index (χ2n) is 6.14. The van der Waals surface area contributed by atoms with Crippen LogP contribution in [0.5, 0.6) is 0 Å². The summed E-state index contributed by atoms with van der Waals surface area (Å²) >= 11 is 0. The van der Waals surface area contributed by atoms with Crippen LogP contribution in [0.4, 0.5) is 17.3 Å². The first-order chi connectivity index (χ1) is 13.5. The third kappa shape index (κ3) is 3.07. The van der Waals surface area contributed by atoms with Crippen molar-refractivity contribution in [3.05, 3.63) is 82.1 Å². The van der Waals surface area contributed by atoms with Crippen LogP contribution in [-0.2, 0) is 4.79 Å². The molecule has 1 amide bonds. The average Bonchev–Trinajstić information content (AvgIpc) is 3.15. The van der Waals surface area contributed by atoms with Gasteiger partial charge >= 0.3 is 0 Å². The van der Waals surface area contributed by atoms with Crippen molar-refractivity contribution >= 4 is 23.2 Å². The molecule has 1 aliphatic rings. The zero-order valence-corrected chi connectivity index (χ0v) is 14.7. The molecule has 0 radical (unpaired) electrons. The first-order valence-electron chi connectivity index (χ1n) is 8.37. The molecule has 0 saturated heterocycles. The molecular weight excluding hydrogens is 362 g/mol. The molecule has 0 spiro atoms. The van der Waals surface area contributed by atoms with Crippen LogP contribution in [0.25, 0.3) is 0 Å². The number of nitrogens with zero attached hydrogens (tertiary/aromatic N) is 5. The molecule has 10 heteroatoms. The lowest BCUT2D eigenvalue weighted by Gasteiger charge is -2.28. The Morgan fingerprint density at radius 1 is 1.32 bits per heavy atom. The van der Waals surface area contributed by atoms with Gasteiger partial charge < -0.3 is 10.6 Å². The van der Waals surface area contributed by atoms with Crippen LogP contribution in [0, 0.1) is 10.1 Å². The number of non-ortho nitro benzene ring substituents is 1. The maximum atomic E-state index is 13.1. The van der Waals surface area contributed by atoms with Gasteiger partial charge in [-0.05, 0) is 24.6 Å². The van der Waals surface area contributed by atoms with E-state index in [-0.39, 0.29) is 11.6 Å². The number of nitro benzene ring substituents is 1. The first kappa shape index (κ1) is 17.3. The molecule has 1 atom stereocenters. The van der Waals surface area contributed by atoms with E-state index in [9.17, 15) is 14.9 Å². The molecule has 140 valence electrons. The largest absolute Gasteiger partial charge is 0.328 e. The van der Waals surface area contributed by atoms with Gasteiger partial charge in [-0.15, -0.1) is 0 Å². The van der Waals surface area contributed by atoms with Crippen molar-refractivity contribution in [1.82, 2.24) is 19.7 Å². The lowest BCUT2D eigenvalue weighted by Crippen LogP contribution is -2.31. The van der Waals surface area contributed by atoms with Gasteiger partial charge in [-0.2, -0.15) is 10.1 Å². The summed E-state index contributed by atoms with van der Waals surface area (Å²) in [7, 11) is 0. The number of nitrogens with one attached hydrogen (secondary N) is 2. The predicted octanol–water partition coefficient (Wildman–Crippen LogP) is 2.51.